The third-order valence-electron chi connectivity index (χ3n) is 1.07. The van der Waals surface area contributed by atoms with Gasteiger partial charge >= 0.3 is 0 Å². The van der Waals surface area contributed by atoms with Crippen LogP contribution in [-0.4, -0.2) is 24.4 Å². The Labute approximate surface area is 70.7 Å². The number of carbonyl (C=O) groups is 2. The predicted octanol–water partition coefficient (Wildman–Crippen LogP) is -0.849. The van der Waals surface area contributed by atoms with Gasteiger partial charge in [-0.05, 0) is 6.92 Å². The SMILES string of the molecule is CC(=O)NCC(=O)N[C@@H](C)C#N. The zero-order valence-corrected chi connectivity index (χ0v) is 7.05. The van der Waals surface area contributed by atoms with E-state index in [1.165, 1.54) is 6.92 Å². The zero-order chi connectivity index (χ0) is 9.56. The molecule has 66 valence electrons. The summed E-state index contributed by atoms with van der Waals surface area (Å²) in [4.78, 5) is 21.2. The summed E-state index contributed by atoms with van der Waals surface area (Å²) in [5.74, 6) is -0.631. The second kappa shape index (κ2) is 5.13. The van der Waals surface area contributed by atoms with Crippen molar-refractivity contribution in [2.75, 3.05) is 6.54 Å². The van der Waals surface area contributed by atoms with E-state index in [2.05, 4.69) is 10.6 Å². The lowest BCUT2D eigenvalue weighted by atomic mass is 10.4. The predicted molar refractivity (Wildman–Crippen MR) is 41.9 cm³/mol. The Morgan fingerprint density at radius 1 is 1.58 bits per heavy atom. The number of hydrogen-bond acceptors (Lipinski definition) is 3. The molecule has 5 nitrogen and oxygen atoms in total. The molecule has 0 rings (SSSR count). The normalized spacial score (nSPS) is 11.1. The molecule has 0 spiro atoms. The van der Waals surface area contributed by atoms with Gasteiger partial charge in [0.2, 0.25) is 11.8 Å². The first kappa shape index (κ1) is 10.4. The number of nitrogens with one attached hydrogen (secondary N) is 2. The summed E-state index contributed by atoms with van der Waals surface area (Å²) in [7, 11) is 0. The van der Waals surface area contributed by atoms with E-state index in [9.17, 15) is 9.59 Å². The summed E-state index contributed by atoms with van der Waals surface area (Å²) < 4.78 is 0. The van der Waals surface area contributed by atoms with Crippen LogP contribution in [0.5, 0.6) is 0 Å². The van der Waals surface area contributed by atoms with Gasteiger partial charge in [0.05, 0.1) is 12.6 Å². The van der Waals surface area contributed by atoms with E-state index in [4.69, 9.17) is 5.26 Å². The van der Waals surface area contributed by atoms with Crippen LogP contribution in [-0.2, 0) is 9.59 Å². The first-order valence-corrected chi connectivity index (χ1v) is 3.49. The molecule has 0 radical (unpaired) electrons. The summed E-state index contributed by atoms with van der Waals surface area (Å²) in [6.07, 6.45) is 0. The van der Waals surface area contributed by atoms with Crippen LogP contribution in [0.4, 0.5) is 0 Å². The Balaban J connectivity index is 3.62. The molecule has 1 atom stereocenters. The molecular formula is C7H11N3O2. The van der Waals surface area contributed by atoms with E-state index in [1.807, 2.05) is 6.07 Å². The molecule has 0 heterocycles. The van der Waals surface area contributed by atoms with E-state index in [-0.39, 0.29) is 18.4 Å². The average molecular weight is 169 g/mol. The van der Waals surface area contributed by atoms with Gasteiger partial charge in [0.25, 0.3) is 0 Å². The number of nitriles is 1. The molecule has 2 amide bonds. The Hall–Kier alpha value is -1.57. The van der Waals surface area contributed by atoms with Gasteiger partial charge in [0, 0.05) is 6.92 Å². The van der Waals surface area contributed by atoms with Gasteiger partial charge in [-0.2, -0.15) is 5.26 Å². The Kier molecular flexibility index (Phi) is 4.46. The molecule has 0 aliphatic carbocycles. The zero-order valence-electron chi connectivity index (χ0n) is 7.05. The summed E-state index contributed by atoms with van der Waals surface area (Å²) in [5, 5.41) is 13.0. The summed E-state index contributed by atoms with van der Waals surface area (Å²) in [6.45, 7) is 2.80. The van der Waals surface area contributed by atoms with Crippen molar-refractivity contribution in [3.05, 3.63) is 0 Å². The lowest BCUT2D eigenvalue weighted by Gasteiger charge is -2.05. The molecule has 0 aliphatic rings. The number of rotatable bonds is 3. The van der Waals surface area contributed by atoms with Crippen molar-refractivity contribution in [3.8, 4) is 6.07 Å². The fourth-order valence-electron chi connectivity index (χ4n) is 0.530. The van der Waals surface area contributed by atoms with Crippen molar-refractivity contribution in [2.45, 2.75) is 19.9 Å². The van der Waals surface area contributed by atoms with Crippen molar-refractivity contribution in [1.82, 2.24) is 10.6 Å². The fourth-order valence-corrected chi connectivity index (χ4v) is 0.530. The topological polar surface area (TPSA) is 82.0 Å². The van der Waals surface area contributed by atoms with Crippen LogP contribution in [0.3, 0.4) is 0 Å². The first-order valence-electron chi connectivity index (χ1n) is 3.49. The van der Waals surface area contributed by atoms with Gasteiger partial charge < -0.3 is 10.6 Å². The van der Waals surface area contributed by atoms with E-state index < -0.39 is 6.04 Å². The molecule has 0 saturated carbocycles. The third-order valence-corrected chi connectivity index (χ3v) is 1.07. The molecule has 12 heavy (non-hydrogen) atoms. The maximum absolute atomic E-state index is 10.8. The van der Waals surface area contributed by atoms with Crippen molar-refractivity contribution in [3.63, 3.8) is 0 Å². The van der Waals surface area contributed by atoms with Gasteiger partial charge in [-0.25, -0.2) is 0 Å². The minimum absolute atomic E-state index is 0.0820. The van der Waals surface area contributed by atoms with Crippen LogP contribution in [0.15, 0.2) is 0 Å². The van der Waals surface area contributed by atoms with Crippen LogP contribution in [0, 0.1) is 11.3 Å². The van der Waals surface area contributed by atoms with Gasteiger partial charge in [-0.1, -0.05) is 0 Å². The molecule has 0 bridgehead atoms. The second-order valence-electron chi connectivity index (χ2n) is 2.33. The maximum atomic E-state index is 10.8. The quantitative estimate of drug-likeness (QED) is 0.577. The molecule has 0 aromatic carbocycles. The highest BCUT2D eigenvalue weighted by Crippen LogP contribution is 1.75. The molecule has 2 N–H and O–H groups in total. The van der Waals surface area contributed by atoms with Crippen LogP contribution >= 0.6 is 0 Å². The Morgan fingerprint density at radius 3 is 2.58 bits per heavy atom. The van der Waals surface area contributed by atoms with E-state index >= 15 is 0 Å². The Morgan fingerprint density at radius 2 is 2.17 bits per heavy atom. The smallest absolute Gasteiger partial charge is 0.240 e. The third kappa shape index (κ3) is 5.23. The number of amides is 2. The van der Waals surface area contributed by atoms with Crippen LogP contribution in [0.1, 0.15) is 13.8 Å². The number of carbonyl (C=O) groups excluding carboxylic acids is 2. The number of hydrogen-bond donors (Lipinski definition) is 2. The van der Waals surface area contributed by atoms with Gasteiger partial charge in [0.1, 0.15) is 6.04 Å². The molecule has 0 saturated heterocycles. The largest absolute Gasteiger partial charge is 0.347 e. The molecular weight excluding hydrogens is 158 g/mol. The van der Waals surface area contributed by atoms with E-state index in [1.54, 1.807) is 6.92 Å². The fraction of sp³-hybridized carbons (Fsp3) is 0.571. The van der Waals surface area contributed by atoms with E-state index in [0.717, 1.165) is 0 Å². The molecule has 5 heteroatoms. The highest BCUT2D eigenvalue weighted by Gasteiger charge is 2.05. The summed E-state index contributed by atoms with van der Waals surface area (Å²) in [5.41, 5.74) is 0. The van der Waals surface area contributed by atoms with Gasteiger partial charge in [-0.15, -0.1) is 0 Å². The molecule has 0 aromatic rings. The van der Waals surface area contributed by atoms with Crippen LogP contribution in [0.2, 0.25) is 0 Å². The highest BCUT2D eigenvalue weighted by molar-refractivity contribution is 5.83. The minimum atomic E-state index is -0.522. The van der Waals surface area contributed by atoms with Gasteiger partial charge in [0.15, 0.2) is 0 Å². The van der Waals surface area contributed by atoms with Gasteiger partial charge in [-0.3, -0.25) is 9.59 Å². The molecule has 0 aliphatic heterocycles. The summed E-state index contributed by atoms with van der Waals surface area (Å²) in [6, 6.07) is 1.32. The molecule has 0 aromatic heterocycles. The summed E-state index contributed by atoms with van der Waals surface area (Å²) >= 11 is 0. The standard InChI is InChI=1S/C7H11N3O2/c1-5(3-8)10-7(12)4-9-6(2)11/h5H,4H2,1-2H3,(H,9,11)(H,10,12)/t5-/m0/s1. The molecule has 0 unspecified atom stereocenters. The van der Waals surface area contributed by atoms with Crippen LogP contribution in [0.25, 0.3) is 0 Å². The monoisotopic (exact) mass is 169 g/mol. The Bertz CT molecular complexity index is 219. The first-order chi connectivity index (χ1) is 5.56. The number of nitrogens with zero attached hydrogens (tertiary/aromatic N) is 1. The average Bonchev–Trinajstić information content (AvgIpc) is 2.00. The lowest BCUT2D eigenvalue weighted by molar-refractivity contribution is -0.125. The van der Waals surface area contributed by atoms with Crippen molar-refractivity contribution >= 4 is 11.8 Å². The maximum Gasteiger partial charge on any atom is 0.240 e. The van der Waals surface area contributed by atoms with E-state index in [0.29, 0.717) is 0 Å². The highest BCUT2D eigenvalue weighted by atomic mass is 16.2. The van der Waals surface area contributed by atoms with Crippen molar-refractivity contribution < 1.29 is 9.59 Å². The van der Waals surface area contributed by atoms with Crippen LogP contribution < -0.4 is 10.6 Å². The second-order valence-corrected chi connectivity index (χ2v) is 2.33. The van der Waals surface area contributed by atoms with Crippen molar-refractivity contribution in [1.29, 1.82) is 5.26 Å². The minimum Gasteiger partial charge on any atom is -0.347 e. The van der Waals surface area contributed by atoms with Crippen molar-refractivity contribution in [2.24, 2.45) is 0 Å². The lowest BCUT2D eigenvalue weighted by Crippen LogP contribution is -2.39. The molecule has 0 fully saturated rings.